The number of benzene rings is 2. The molecule has 1 aliphatic heterocycles. The van der Waals surface area contributed by atoms with E-state index in [0.29, 0.717) is 18.7 Å². The number of carbonyl (C=O) groups excluding carboxylic acids is 1. The van der Waals surface area contributed by atoms with Crippen molar-refractivity contribution in [2.75, 3.05) is 19.3 Å². The van der Waals surface area contributed by atoms with E-state index in [4.69, 9.17) is 0 Å². The van der Waals surface area contributed by atoms with Crippen LogP contribution in [-0.2, 0) is 22.7 Å². The van der Waals surface area contributed by atoms with Crippen LogP contribution in [0.5, 0.6) is 0 Å². The van der Waals surface area contributed by atoms with Gasteiger partial charge >= 0.3 is 0 Å². The zero-order valence-electron chi connectivity index (χ0n) is 15.6. The third-order valence-electron chi connectivity index (χ3n) is 5.23. The highest BCUT2D eigenvalue weighted by Gasteiger charge is 2.22. The van der Waals surface area contributed by atoms with Crippen LogP contribution in [-0.4, -0.2) is 38.6 Å². The van der Waals surface area contributed by atoms with Crippen LogP contribution in [0.15, 0.2) is 41.3 Å². The molecule has 1 amide bonds. The first-order chi connectivity index (χ1) is 12.3. The molecule has 0 saturated carbocycles. The van der Waals surface area contributed by atoms with Gasteiger partial charge < -0.3 is 4.90 Å². The van der Waals surface area contributed by atoms with Crippen LogP contribution in [0.2, 0.25) is 0 Å². The number of hydrogen-bond donors (Lipinski definition) is 0. The minimum atomic E-state index is -3.35. The summed E-state index contributed by atoms with van der Waals surface area (Å²) < 4.78 is 23.9. The Bertz CT molecular complexity index is 948. The lowest BCUT2D eigenvalue weighted by Gasteiger charge is -2.27. The summed E-state index contributed by atoms with van der Waals surface area (Å²) >= 11 is 0. The third kappa shape index (κ3) is 3.83. The summed E-state index contributed by atoms with van der Waals surface area (Å²) in [6, 6.07) is 11.6. The average molecular weight is 372 g/mol. The van der Waals surface area contributed by atoms with Crippen LogP contribution in [0, 0.1) is 13.8 Å². The highest BCUT2D eigenvalue weighted by Crippen LogP contribution is 2.23. The lowest BCUT2D eigenvalue weighted by atomic mass is 9.97. The lowest BCUT2D eigenvalue weighted by molar-refractivity contribution is 0.0752. The number of nitrogens with zero attached hydrogens (tertiary/aromatic N) is 1. The third-order valence-corrected chi connectivity index (χ3v) is 6.32. The van der Waals surface area contributed by atoms with Crippen molar-refractivity contribution >= 4 is 15.7 Å². The Hall–Kier alpha value is -2.14. The molecule has 1 heterocycles. The van der Waals surface area contributed by atoms with Gasteiger partial charge in [-0.2, -0.15) is 0 Å². The van der Waals surface area contributed by atoms with E-state index in [0.717, 1.165) is 30.4 Å². The molecule has 5 heteroatoms. The number of amides is 1. The number of rotatable bonds is 2. The fraction of sp³-hybridized carbons (Fsp3) is 0.381. The predicted octanol–water partition coefficient (Wildman–Crippen LogP) is 3.34. The van der Waals surface area contributed by atoms with Gasteiger partial charge in [-0.15, -0.1) is 0 Å². The highest BCUT2D eigenvalue weighted by molar-refractivity contribution is 7.90. The van der Waals surface area contributed by atoms with Gasteiger partial charge in [0.25, 0.3) is 5.91 Å². The Balaban J connectivity index is 1.91. The quantitative estimate of drug-likeness (QED) is 0.814. The van der Waals surface area contributed by atoms with E-state index in [1.165, 1.54) is 23.4 Å². The SMILES string of the molecule is Cc1cc(S(C)(=O)=O)cc(C(=O)N2CCCc3ccccc3CC2)c1C. The molecule has 0 fully saturated rings. The largest absolute Gasteiger partial charge is 0.338 e. The first-order valence-corrected chi connectivity index (χ1v) is 10.8. The maximum absolute atomic E-state index is 13.2. The molecule has 4 nitrogen and oxygen atoms in total. The topological polar surface area (TPSA) is 54.5 Å². The Morgan fingerprint density at radius 1 is 1.00 bits per heavy atom. The van der Waals surface area contributed by atoms with Crippen LogP contribution < -0.4 is 0 Å². The van der Waals surface area contributed by atoms with Crippen molar-refractivity contribution in [2.45, 2.75) is 38.0 Å². The molecule has 2 aromatic rings. The Labute approximate surface area is 155 Å². The van der Waals surface area contributed by atoms with Crippen molar-refractivity contribution in [1.29, 1.82) is 0 Å². The van der Waals surface area contributed by atoms with Gasteiger partial charge in [0.2, 0.25) is 0 Å². The van der Waals surface area contributed by atoms with Crippen LogP contribution in [0.1, 0.15) is 39.0 Å². The van der Waals surface area contributed by atoms with E-state index < -0.39 is 9.84 Å². The summed E-state index contributed by atoms with van der Waals surface area (Å²) in [5.41, 5.74) is 4.84. The standard InChI is InChI=1S/C21H25NO3S/c1-15-13-19(26(3,24)25)14-20(16(15)2)21(23)22-11-6-9-17-7-4-5-8-18(17)10-12-22/h4-5,7-8,13-14H,6,9-12H2,1-3H3. The van der Waals surface area contributed by atoms with E-state index in [1.807, 2.05) is 24.8 Å². The van der Waals surface area contributed by atoms with Gasteiger partial charge in [-0.3, -0.25) is 4.79 Å². The van der Waals surface area contributed by atoms with Gasteiger partial charge in [-0.25, -0.2) is 8.42 Å². The van der Waals surface area contributed by atoms with Crippen molar-refractivity contribution in [3.63, 3.8) is 0 Å². The fourth-order valence-electron chi connectivity index (χ4n) is 3.51. The van der Waals surface area contributed by atoms with E-state index >= 15 is 0 Å². The molecule has 1 aliphatic rings. The van der Waals surface area contributed by atoms with Crippen molar-refractivity contribution in [2.24, 2.45) is 0 Å². The summed E-state index contributed by atoms with van der Waals surface area (Å²) in [5.74, 6) is -0.0736. The smallest absolute Gasteiger partial charge is 0.254 e. The molecule has 0 bridgehead atoms. The molecular weight excluding hydrogens is 346 g/mol. The minimum absolute atomic E-state index is 0.0736. The summed E-state index contributed by atoms with van der Waals surface area (Å²) in [6.45, 7) is 5.07. The second-order valence-corrected chi connectivity index (χ2v) is 9.12. The number of sulfone groups is 1. The second-order valence-electron chi connectivity index (χ2n) is 7.10. The van der Waals surface area contributed by atoms with Gasteiger partial charge in [-0.1, -0.05) is 24.3 Å². The maximum atomic E-state index is 13.2. The molecule has 26 heavy (non-hydrogen) atoms. The molecule has 0 N–H and O–H groups in total. The van der Waals surface area contributed by atoms with Gasteiger partial charge in [0, 0.05) is 24.9 Å². The van der Waals surface area contributed by atoms with Gasteiger partial charge in [-0.05, 0) is 67.5 Å². The molecule has 0 radical (unpaired) electrons. The Morgan fingerprint density at radius 2 is 1.65 bits per heavy atom. The monoisotopic (exact) mass is 371 g/mol. The van der Waals surface area contributed by atoms with Crippen LogP contribution in [0.25, 0.3) is 0 Å². The van der Waals surface area contributed by atoms with Crippen molar-refractivity contribution in [1.82, 2.24) is 4.90 Å². The van der Waals surface area contributed by atoms with Crippen molar-refractivity contribution < 1.29 is 13.2 Å². The molecule has 2 aromatic carbocycles. The molecule has 138 valence electrons. The predicted molar refractivity (Wildman–Crippen MR) is 103 cm³/mol. The summed E-state index contributed by atoms with van der Waals surface area (Å²) in [5, 5.41) is 0. The van der Waals surface area contributed by atoms with E-state index in [-0.39, 0.29) is 10.8 Å². The van der Waals surface area contributed by atoms with Gasteiger partial charge in [0.15, 0.2) is 9.84 Å². The second kappa shape index (κ2) is 7.23. The molecule has 0 atom stereocenters. The number of carbonyl (C=O) groups is 1. The van der Waals surface area contributed by atoms with Crippen molar-refractivity contribution in [3.8, 4) is 0 Å². The molecule has 0 unspecified atom stereocenters. The molecule has 3 rings (SSSR count). The minimum Gasteiger partial charge on any atom is -0.338 e. The first kappa shape index (κ1) is 18.6. The molecule has 0 aromatic heterocycles. The van der Waals surface area contributed by atoms with Crippen LogP contribution in [0.3, 0.4) is 0 Å². The van der Waals surface area contributed by atoms with E-state index in [2.05, 4.69) is 18.2 Å². The number of fused-ring (bicyclic) bond motifs is 1. The van der Waals surface area contributed by atoms with Crippen molar-refractivity contribution in [3.05, 3.63) is 64.2 Å². The Morgan fingerprint density at radius 3 is 2.31 bits per heavy atom. The van der Waals surface area contributed by atoms with E-state index in [1.54, 1.807) is 6.07 Å². The zero-order chi connectivity index (χ0) is 18.9. The molecular formula is C21H25NO3S. The number of hydrogen-bond acceptors (Lipinski definition) is 3. The van der Waals surface area contributed by atoms with Crippen LogP contribution in [0.4, 0.5) is 0 Å². The summed E-state index contributed by atoms with van der Waals surface area (Å²) in [6.07, 6.45) is 3.87. The van der Waals surface area contributed by atoms with Crippen LogP contribution >= 0.6 is 0 Å². The normalized spacial score (nSPS) is 15.1. The Kier molecular flexibility index (Phi) is 5.19. The molecule has 0 saturated heterocycles. The number of aryl methyl sites for hydroxylation is 2. The fourth-order valence-corrected chi connectivity index (χ4v) is 4.23. The maximum Gasteiger partial charge on any atom is 0.254 e. The van der Waals surface area contributed by atoms with E-state index in [9.17, 15) is 13.2 Å². The molecule has 0 spiro atoms. The summed E-state index contributed by atoms with van der Waals surface area (Å²) in [7, 11) is -3.35. The lowest BCUT2D eigenvalue weighted by Crippen LogP contribution is -2.36. The molecule has 0 aliphatic carbocycles. The highest BCUT2D eigenvalue weighted by atomic mass is 32.2. The van der Waals surface area contributed by atoms with Gasteiger partial charge in [0.05, 0.1) is 4.90 Å². The zero-order valence-corrected chi connectivity index (χ0v) is 16.4. The van der Waals surface area contributed by atoms with Gasteiger partial charge in [0.1, 0.15) is 0 Å². The first-order valence-electron chi connectivity index (χ1n) is 8.95. The summed E-state index contributed by atoms with van der Waals surface area (Å²) in [4.78, 5) is 15.2. The average Bonchev–Trinajstić information content (AvgIpc) is 2.56.